The molecule has 1 amide bonds. The van der Waals surface area contributed by atoms with E-state index in [1.165, 1.54) is 12.4 Å². The second-order valence-electron chi connectivity index (χ2n) is 8.46. The quantitative estimate of drug-likeness (QED) is 0.533. The molecule has 180 valence electrons. The van der Waals surface area contributed by atoms with Crippen LogP contribution in [0.3, 0.4) is 0 Å². The van der Waals surface area contributed by atoms with Crippen molar-refractivity contribution in [1.82, 2.24) is 14.9 Å². The van der Waals surface area contributed by atoms with E-state index in [1.54, 1.807) is 24.3 Å². The van der Waals surface area contributed by atoms with Crippen molar-refractivity contribution in [2.24, 2.45) is 0 Å². The molecule has 35 heavy (non-hydrogen) atoms. The van der Waals surface area contributed by atoms with Gasteiger partial charge in [0.2, 0.25) is 5.95 Å². The first-order chi connectivity index (χ1) is 16.7. The van der Waals surface area contributed by atoms with Crippen LogP contribution in [0.25, 0.3) is 0 Å². The Hall–Kier alpha value is -3.90. The number of amides is 1. The molecule has 3 N–H and O–H groups in total. The van der Waals surface area contributed by atoms with E-state index in [0.29, 0.717) is 23.2 Å². The van der Waals surface area contributed by atoms with E-state index in [9.17, 15) is 18.0 Å². The zero-order valence-corrected chi connectivity index (χ0v) is 19.1. The number of hydrogen-bond acceptors (Lipinski definition) is 5. The smallest absolute Gasteiger partial charge is 0.368 e. The molecule has 3 aromatic rings. The second kappa shape index (κ2) is 10.2. The highest BCUT2D eigenvalue weighted by Gasteiger charge is 2.31. The van der Waals surface area contributed by atoms with Crippen molar-refractivity contribution in [2.45, 2.75) is 32.5 Å². The van der Waals surface area contributed by atoms with Crippen LogP contribution in [-0.4, -0.2) is 33.9 Å². The average Bonchev–Trinajstić information content (AvgIpc) is 3.32. The fourth-order valence-corrected chi connectivity index (χ4v) is 3.86. The van der Waals surface area contributed by atoms with E-state index < -0.39 is 17.6 Å². The van der Waals surface area contributed by atoms with Gasteiger partial charge in [-0.3, -0.25) is 9.69 Å². The Morgan fingerprint density at radius 3 is 2.49 bits per heavy atom. The van der Waals surface area contributed by atoms with Gasteiger partial charge in [-0.2, -0.15) is 13.2 Å². The summed E-state index contributed by atoms with van der Waals surface area (Å²) in [5, 5.41) is 2.62. The van der Waals surface area contributed by atoms with Gasteiger partial charge in [0.05, 0.1) is 11.1 Å². The van der Waals surface area contributed by atoms with E-state index in [2.05, 4.69) is 32.0 Å². The van der Waals surface area contributed by atoms with Crippen LogP contribution >= 0.6 is 0 Å². The van der Waals surface area contributed by atoms with Gasteiger partial charge in [-0.1, -0.05) is 17.9 Å². The number of aromatic nitrogens is 2. The molecule has 1 aromatic heterocycles. The van der Waals surface area contributed by atoms with Gasteiger partial charge >= 0.3 is 6.18 Å². The van der Waals surface area contributed by atoms with Gasteiger partial charge in [-0.25, -0.2) is 9.97 Å². The monoisotopic (exact) mass is 479 g/mol. The molecule has 0 atom stereocenters. The summed E-state index contributed by atoms with van der Waals surface area (Å²) in [6, 6.07) is 8.66. The van der Waals surface area contributed by atoms with Crippen LogP contribution in [0.15, 0.2) is 48.8 Å². The summed E-state index contributed by atoms with van der Waals surface area (Å²) >= 11 is 0. The summed E-state index contributed by atoms with van der Waals surface area (Å²) < 4.78 is 40.5. The molecular formula is C26H24F3N5O. The molecule has 0 aliphatic carbocycles. The summed E-state index contributed by atoms with van der Waals surface area (Å²) in [4.78, 5) is 22.8. The number of alkyl halides is 3. The van der Waals surface area contributed by atoms with Gasteiger partial charge in [0, 0.05) is 35.8 Å². The molecule has 4 rings (SSSR count). The lowest BCUT2D eigenvalue weighted by Crippen LogP contribution is -2.19. The molecule has 2 heterocycles. The Bertz CT molecular complexity index is 1290. The van der Waals surface area contributed by atoms with Crippen molar-refractivity contribution in [3.05, 3.63) is 82.2 Å². The van der Waals surface area contributed by atoms with Crippen LogP contribution in [0.5, 0.6) is 0 Å². The highest BCUT2D eigenvalue weighted by Crippen LogP contribution is 2.32. The number of halogens is 3. The normalized spacial score (nSPS) is 13.8. The van der Waals surface area contributed by atoms with E-state index in [0.717, 1.165) is 43.6 Å². The summed E-state index contributed by atoms with van der Waals surface area (Å²) in [5.41, 5.74) is 7.60. The van der Waals surface area contributed by atoms with Gasteiger partial charge in [-0.15, -0.1) is 0 Å². The van der Waals surface area contributed by atoms with E-state index in [1.807, 2.05) is 6.92 Å². The average molecular weight is 480 g/mol. The topological polar surface area (TPSA) is 84.1 Å². The number of rotatable bonds is 4. The summed E-state index contributed by atoms with van der Waals surface area (Å²) in [6.45, 7) is 3.97. The summed E-state index contributed by atoms with van der Waals surface area (Å²) in [5.74, 6) is 5.52. The first kappa shape index (κ1) is 24.2. The highest BCUT2D eigenvalue weighted by molar-refractivity contribution is 6.04. The van der Waals surface area contributed by atoms with E-state index in [-0.39, 0.29) is 17.2 Å². The summed E-state index contributed by atoms with van der Waals surface area (Å²) in [6.07, 6.45) is 0.543. The largest absolute Gasteiger partial charge is 0.416 e. The minimum absolute atomic E-state index is 0.103. The standard InChI is InChI=1S/C26H24F3N5O/c1-17-4-6-21(12-20(17)7-5-18-14-31-25(30)32-15-18)24(35)33-23-11-19(16-34-8-2-3-9-34)10-22(13-23)26(27,28)29/h4,6,10-15H,2-3,8-9,16H2,1H3,(H,33,35)(H2,30,31,32). The predicted molar refractivity (Wildman–Crippen MR) is 128 cm³/mol. The minimum Gasteiger partial charge on any atom is -0.368 e. The molecule has 6 nitrogen and oxygen atoms in total. The zero-order chi connectivity index (χ0) is 25.0. The predicted octanol–water partition coefficient (Wildman–Crippen LogP) is 4.63. The number of carbonyl (C=O) groups is 1. The molecule has 0 saturated carbocycles. The van der Waals surface area contributed by atoms with Crippen LogP contribution < -0.4 is 11.1 Å². The van der Waals surface area contributed by atoms with Crippen LogP contribution in [-0.2, 0) is 12.7 Å². The number of benzene rings is 2. The Kier molecular flexibility index (Phi) is 7.03. The maximum absolute atomic E-state index is 13.5. The number of nitrogens with two attached hydrogens (primary N) is 1. The van der Waals surface area contributed by atoms with Crippen molar-refractivity contribution < 1.29 is 18.0 Å². The number of aryl methyl sites for hydroxylation is 1. The Labute approximate surface area is 201 Å². The van der Waals surface area contributed by atoms with Crippen molar-refractivity contribution in [3.8, 4) is 11.8 Å². The highest BCUT2D eigenvalue weighted by atomic mass is 19.4. The van der Waals surface area contributed by atoms with Gasteiger partial charge in [0.25, 0.3) is 5.91 Å². The second-order valence-corrected chi connectivity index (χ2v) is 8.46. The van der Waals surface area contributed by atoms with Crippen molar-refractivity contribution in [1.29, 1.82) is 0 Å². The third kappa shape index (κ3) is 6.37. The van der Waals surface area contributed by atoms with Gasteiger partial charge in [0.15, 0.2) is 0 Å². The number of carbonyl (C=O) groups excluding carboxylic acids is 1. The number of anilines is 2. The first-order valence-corrected chi connectivity index (χ1v) is 11.1. The molecule has 0 spiro atoms. The Morgan fingerprint density at radius 1 is 1.09 bits per heavy atom. The fraction of sp³-hybridized carbons (Fsp3) is 0.269. The molecule has 1 aliphatic rings. The third-order valence-electron chi connectivity index (χ3n) is 5.70. The van der Waals surface area contributed by atoms with Crippen molar-refractivity contribution in [3.63, 3.8) is 0 Å². The molecule has 0 radical (unpaired) electrons. The van der Waals surface area contributed by atoms with Crippen molar-refractivity contribution in [2.75, 3.05) is 24.1 Å². The number of hydrogen-bond donors (Lipinski definition) is 2. The minimum atomic E-state index is -4.51. The molecule has 1 aliphatic heterocycles. The maximum Gasteiger partial charge on any atom is 0.416 e. The lowest BCUT2D eigenvalue weighted by atomic mass is 10.0. The lowest BCUT2D eigenvalue weighted by molar-refractivity contribution is -0.137. The van der Waals surface area contributed by atoms with Crippen LogP contribution in [0, 0.1) is 18.8 Å². The summed E-state index contributed by atoms with van der Waals surface area (Å²) in [7, 11) is 0. The SMILES string of the molecule is Cc1ccc(C(=O)Nc2cc(CN3CCCC3)cc(C(F)(F)F)c2)cc1C#Cc1cnc(N)nc1. The Morgan fingerprint density at radius 2 is 1.80 bits per heavy atom. The van der Waals surface area contributed by atoms with Crippen molar-refractivity contribution >= 4 is 17.5 Å². The van der Waals surface area contributed by atoms with Gasteiger partial charge < -0.3 is 11.1 Å². The van der Waals surface area contributed by atoms with Crippen LogP contribution in [0.1, 0.15) is 51.0 Å². The molecular weight excluding hydrogens is 455 g/mol. The van der Waals surface area contributed by atoms with Gasteiger partial charge in [-0.05, 0) is 74.3 Å². The zero-order valence-electron chi connectivity index (χ0n) is 19.1. The molecule has 1 fully saturated rings. The van der Waals surface area contributed by atoms with Gasteiger partial charge in [0.1, 0.15) is 0 Å². The van der Waals surface area contributed by atoms with E-state index in [4.69, 9.17) is 5.73 Å². The number of nitrogen functional groups attached to an aromatic ring is 1. The molecule has 2 aromatic carbocycles. The van der Waals surface area contributed by atoms with Crippen LogP contribution in [0.4, 0.5) is 24.8 Å². The molecule has 0 bridgehead atoms. The maximum atomic E-state index is 13.5. The number of nitrogens with one attached hydrogen (secondary N) is 1. The number of nitrogens with zero attached hydrogens (tertiary/aromatic N) is 3. The van der Waals surface area contributed by atoms with Crippen LogP contribution in [0.2, 0.25) is 0 Å². The fourth-order valence-electron chi connectivity index (χ4n) is 3.86. The molecule has 1 saturated heterocycles. The third-order valence-corrected chi connectivity index (χ3v) is 5.70. The number of likely N-dealkylation sites (tertiary alicyclic amines) is 1. The Balaban J connectivity index is 1.57. The molecule has 0 unspecified atom stereocenters. The van der Waals surface area contributed by atoms with E-state index >= 15 is 0 Å². The lowest BCUT2D eigenvalue weighted by Gasteiger charge is -2.18. The molecule has 9 heteroatoms. The first-order valence-electron chi connectivity index (χ1n) is 11.1.